The van der Waals surface area contributed by atoms with Gasteiger partial charge in [0, 0.05) is 42.5 Å². The molecule has 3 fully saturated rings. The van der Waals surface area contributed by atoms with Crippen LogP contribution in [-0.4, -0.2) is 69.4 Å². The lowest BCUT2D eigenvalue weighted by Gasteiger charge is -2.24. The van der Waals surface area contributed by atoms with Crippen molar-refractivity contribution in [3.05, 3.63) is 32.5 Å². The second kappa shape index (κ2) is 12.5. The van der Waals surface area contributed by atoms with Crippen LogP contribution in [0.3, 0.4) is 0 Å². The number of fused-ring (bicyclic) bond motifs is 6. The molecule has 1 saturated heterocycles. The van der Waals surface area contributed by atoms with Crippen LogP contribution in [0.4, 0.5) is 11.6 Å². The summed E-state index contributed by atoms with van der Waals surface area (Å²) < 4.78 is 0. The first kappa shape index (κ1) is 30.7. The zero-order valence-electron chi connectivity index (χ0n) is 27.8. The van der Waals surface area contributed by atoms with Gasteiger partial charge in [-0.05, 0) is 107 Å². The molecule has 1 aliphatic heterocycles. The third-order valence-electron chi connectivity index (χ3n) is 10.9. The number of carbonyl (C=O) groups is 2. The monoisotopic (exact) mass is 684 g/mol. The maximum absolute atomic E-state index is 14.1. The normalized spacial score (nSPS) is 19.7. The van der Waals surface area contributed by atoms with E-state index in [1.807, 2.05) is 4.90 Å². The number of thiophene rings is 2. The minimum atomic E-state index is -0.966. The van der Waals surface area contributed by atoms with Gasteiger partial charge in [-0.1, -0.05) is 0 Å². The highest BCUT2D eigenvalue weighted by Gasteiger charge is 2.35. The SMILES string of the molecule is CN(c1nc(CC(=O)NC(C(=O)N2CCCC2)c2nc(NCC3CC3)c3c4c(sc3n2)CCCC4)nc2sc3c(c12)CCCC3)C1CC1. The van der Waals surface area contributed by atoms with E-state index in [9.17, 15) is 9.59 Å². The van der Waals surface area contributed by atoms with Crippen molar-refractivity contribution in [1.29, 1.82) is 0 Å². The van der Waals surface area contributed by atoms with Crippen LogP contribution < -0.4 is 15.5 Å². The molecule has 9 rings (SSSR count). The Hall–Kier alpha value is -3.38. The second-order valence-electron chi connectivity index (χ2n) is 14.6. The fraction of sp³-hybridized carbons (Fsp3) is 0.611. The number of hydrogen-bond donors (Lipinski definition) is 2. The number of hydrogen-bond acceptors (Lipinski definition) is 10. The fourth-order valence-electron chi connectivity index (χ4n) is 7.86. The second-order valence-corrected chi connectivity index (χ2v) is 16.7. The van der Waals surface area contributed by atoms with Gasteiger partial charge in [0.15, 0.2) is 11.9 Å². The van der Waals surface area contributed by atoms with Gasteiger partial charge in [0.25, 0.3) is 5.91 Å². The van der Waals surface area contributed by atoms with Gasteiger partial charge in [-0.3, -0.25) is 9.59 Å². The number of nitrogens with zero attached hydrogens (tertiary/aromatic N) is 6. The van der Waals surface area contributed by atoms with E-state index in [-0.39, 0.29) is 18.2 Å². The predicted molar refractivity (Wildman–Crippen MR) is 191 cm³/mol. The van der Waals surface area contributed by atoms with E-state index in [0.29, 0.717) is 36.7 Å². The van der Waals surface area contributed by atoms with Crippen molar-refractivity contribution in [3.8, 4) is 0 Å². The summed E-state index contributed by atoms with van der Waals surface area (Å²) >= 11 is 3.50. The van der Waals surface area contributed by atoms with Gasteiger partial charge in [0.05, 0.1) is 17.2 Å². The molecule has 5 aliphatic rings. The summed E-state index contributed by atoms with van der Waals surface area (Å²) in [5, 5.41) is 9.05. The number of likely N-dealkylation sites (tertiary alicyclic amines) is 1. The first-order valence-electron chi connectivity index (χ1n) is 18.2. The lowest BCUT2D eigenvalue weighted by Crippen LogP contribution is -2.43. The number of anilines is 2. The van der Waals surface area contributed by atoms with E-state index in [1.165, 1.54) is 77.6 Å². The standard InChI is InChI=1S/C36H44N8O2S2/c1-43(21-14-15-21)33-29-23-9-3-5-11-25(23)48-35(29)39-26(38-33)18-27(45)40-30(36(46)44-16-6-7-17-44)32-41-31(37-19-20-12-13-20)28-22-8-2-4-10-24(22)47-34(28)42-32/h20-21,30H,2-19H2,1H3,(H,40,45)(H,37,41,42). The van der Waals surface area contributed by atoms with E-state index in [0.717, 1.165) is 71.8 Å². The van der Waals surface area contributed by atoms with Crippen LogP contribution in [0, 0.1) is 5.92 Å². The third-order valence-corrected chi connectivity index (χ3v) is 13.3. The van der Waals surface area contributed by atoms with Crippen LogP contribution in [0.2, 0.25) is 0 Å². The number of aromatic nitrogens is 4. The molecule has 4 aromatic rings. The number of nitrogens with one attached hydrogen (secondary N) is 2. The zero-order valence-corrected chi connectivity index (χ0v) is 29.4. The Morgan fingerprint density at radius 2 is 1.50 bits per heavy atom. The highest BCUT2D eigenvalue weighted by atomic mass is 32.1. The molecule has 252 valence electrons. The molecular formula is C36H44N8O2S2. The van der Waals surface area contributed by atoms with Crippen LogP contribution in [0.1, 0.15) is 103 Å². The number of rotatable bonds is 10. The Morgan fingerprint density at radius 3 is 2.19 bits per heavy atom. The van der Waals surface area contributed by atoms with E-state index in [1.54, 1.807) is 22.7 Å². The molecular weight excluding hydrogens is 641 g/mol. The molecule has 0 radical (unpaired) electrons. The summed E-state index contributed by atoms with van der Waals surface area (Å²) in [6.07, 6.45) is 15.8. The molecule has 48 heavy (non-hydrogen) atoms. The summed E-state index contributed by atoms with van der Waals surface area (Å²) in [7, 11) is 2.13. The first-order chi connectivity index (χ1) is 23.5. The molecule has 1 atom stereocenters. The largest absolute Gasteiger partial charge is 0.369 e. The molecule has 2 N–H and O–H groups in total. The summed E-state index contributed by atoms with van der Waals surface area (Å²) in [5.74, 6) is 2.91. The van der Waals surface area contributed by atoms with Crippen LogP contribution in [-0.2, 0) is 41.7 Å². The van der Waals surface area contributed by atoms with Gasteiger partial charge in [0.2, 0.25) is 5.91 Å². The summed E-state index contributed by atoms with van der Waals surface area (Å²) in [4.78, 5) is 57.1. The van der Waals surface area contributed by atoms with Crippen LogP contribution >= 0.6 is 22.7 Å². The Balaban J connectivity index is 1.06. The first-order valence-corrected chi connectivity index (χ1v) is 19.8. The molecule has 2 saturated carbocycles. The maximum Gasteiger partial charge on any atom is 0.253 e. The van der Waals surface area contributed by atoms with E-state index >= 15 is 0 Å². The van der Waals surface area contributed by atoms with Crippen molar-refractivity contribution in [3.63, 3.8) is 0 Å². The fourth-order valence-corrected chi connectivity index (χ4v) is 10.4. The summed E-state index contributed by atoms with van der Waals surface area (Å²) in [5.41, 5.74) is 2.78. The average molecular weight is 685 g/mol. The third kappa shape index (κ3) is 5.82. The Kier molecular flexibility index (Phi) is 7.98. The lowest BCUT2D eigenvalue weighted by atomic mass is 9.97. The molecule has 12 heteroatoms. The number of aryl methyl sites for hydroxylation is 4. The molecule has 5 heterocycles. The topological polar surface area (TPSA) is 116 Å². The van der Waals surface area contributed by atoms with Crippen molar-refractivity contribution >= 4 is 66.6 Å². The summed E-state index contributed by atoms with van der Waals surface area (Å²) in [6.45, 7) is 2.25. The van der Waals surface area contributed by atoms with Crippen molar-refractivity contribution in [2.24, 2.45) is 5.92 Å². The van der Waals surface area contributed by atoms with Crippen LogP contribution in [0.5, 0.6) is 0 Å². The van der Waals surface area contributed by atoms with E-state index < -0.39 is 6.04 Å². The van der Waals surface area contributed by atoms with Gasteiger partial charge in [0.1, 0.15) is 27.1 Å². The molecule has 2 amide bonds. The quantitative estimate of drug-likeness (QED) is 0.212. The minimum absolute atomic E-state index is 0.00385. The maximum atomic E-state index is 14.1. The van der Waals surface area contributed by atoms with E-state index in [2.05, 4.69) is 22.6 Å². The highest BCUT2D eigenvalue weighted by Crippen LogP contribution is 2.43. The Labute approximate surface area is 289 Å². The molecule has 1 unspecified atom stereocenters. The highest BCUT2D eigenvalue weighted by molar-refractivity contribution is 7.19. The smallest absolute Gasteiger partial charge is 0.253 e. The Morgan fingerprint density at radius 1 is 0.833 bits per heavy atom. The molecule has 4 aliphatic carbocycles. The zero-order chi connectivity index (χ0) is 32.4. The van der Waals surface area contributed by atoms with Crippen molar-refractivity contribution < 1.29 is 9.59 Å². The molecule has 0 bridgehead atoms. The average Bonchev–Trinajstić information content (AvgIpc) is 3.99. The predicted octanol–water partition coefficient (Wildman–Crippen LogP) is 5.90. The van der Waals surface area contributed by atoms with Gasteiger partial charge >= 0.3 is 0 Å². The van der Waals surface area contributed by atoms with Gasteiger partial charge in [-0.25, -0.2) is 19.9 Å². The van der Waals surface area contributed by atoms with Crippen LogP contribution in [0.25, 0.3) is 20.4 Å². The van der Waals surface area contributed by atoms with Crippen molar-refractivity contribution in [2.75, 3.05) is 36.9 Å². The summed E-state index contributed by atoms with van der Waals surface area (Å²) in [6, 6.07) is -0.476. The number of carbonyl (C=O) groups excluding carboxylic acids is 2. The Bertz CT molecular complexity index is 1900. The van der Waals surface area contributed by atoms with Crippen molar-refractivity contribution in [2.45, 2.75) is 108 Å². The minimum Gasteiger partial charge on any atom is -0.369 e. The molecule has 10 nitrogen and oxygen atoms in total. The molecule has 0 spiro atoms. The van der Waals surface area contributed by atoms with Crippen LogP contribution in [0.15, 0.2) is 0 Å². The molecule has 4 aromatic heterocycles. The molecule has 0 aromatic carbocycles. The van der Waals surface area contributed by atoms with Crippen molar-refractivity contribution in [1.82, 2.24) is 30.2 Å². The van der Waals surface area contributed by atoms with Gasteiger partial charge < -0.3 is 20.4 Å². The van der Waals surface area contributed by atoms with Gasteiger partial charge in [-0.2, -0.15) is 0 Å². The number of amides is 2. The van der Waals surface area contributed by atoms with Gasteiger partial charge in [-0.15, -0.1) is 22.7 Å². The van der Waals surface area contributed by atoms with E-state index in [4.69, 9.17) is 19.9 Å². The lowest BCUT2D eigenvalue weighted by molar-refractivity contribution is -0.135.